The quantitative estimate of drug-likeness (QED) is 0.472. The number of piperidine rings is 1. The fraction of sp³-hybridized carbons (Fsp3) is 0.346. The van der Waals surface area contributed by atoms with E-state index in [9.17, 15) is 13.2 Å². The Morgan fingerprint density at radius 1 is 1.11 bits per heavy atom. The summed E-state index contributed by atoms with van der Waals surface area (Å²) in [5.74, 6) is 0.452. The number of carbonyl (C=O) groups is 1. The molecular weight excluding hydrogens is 484 g/mol. The van der Waals surface area contributed by atoms with Gasteiger partial charge in [-0.3, -0.25) is 4.79 Å². The van der Waals surface area contributed by atoms with E-state index in [-0.39, 0.29) is 15.5 Å². The van der Waals surface area contributed by atoms with Gasteiger partial charge in [0.05, 0.1) is 16.2 Å². The lowest BCUT2D eigenvalue weighted by atomic mass is 9.90. The lowest BCUT2D eigenvalue weighted by Crippen LogP contribution is -2.36. The van der Waals surface area contributed by atoms with Gasteiger partial charge in [0.25, 0.3) is 15.9 Å². The summed E-state index contributed by atoms with van der Waals surface area (Å²) in [6.45, 7) is 3.68. The van der Waals surface area contributed by atoms with Crippen LogP contribution in [0.15, 0.2) is 65.7 Å². The Morgan fingerprint density at radius 2 is 1.86 bits per heavy atom. The van der Waals surface area contributed by atoms with E-state index in [4.69, 9.17) is 11.6 Å². The number of rotatable bonds is 8. The van der Waals surface area contributed by atoms with Crippen molar-refractivity contribution in [2.24, 2.45) is 5.92 Å². The zero-order chi connectivity index (χ0) is 24.8. The summed E-state index contributed by atoms with van der Waals surface area (Å²) in [5.41, 5.74) is 2.07. The Labute approximate surface area is 211 Å². The van der Waals surface area contributed by atoms with Gasteiger partial charge in [-0.05, 0) is 55.4 Å². The fourth-order valence-electron chi connectivity index (χ4n) is 4.33. The number of aryl methyl sites for hydroxylation is 1. The first-order valence-electron chi connectivity index (χ1n) is 11.8. The molecule has 1 saturated heterocycles. The minimum atomic E-state index is -4.07. The summed E-state index contributed by atoms with van der Waals surface area (Å²) in [4.78, 5) is 24.1. The van der Waals surface area contributed by atoms with Crippen LogP contribution in [0, 0.1) is 5.92 Å². The number of nitrogens with one attached hydrogen (secondary N) is 1. The zero-order valence-electron chi connectivity index (χ0n) is 19.7. The van der Waals surface area contributed by atoms with Crippen molar-refractivity contribution in [3.63, 3.8) is 0 Å². The van der Waals surface area contributed by atoms with Crippen LogP contribution in [-0.2, 0) is 22.9 Å². The third-order valence-corrected chi connectivity index (χ3v) is 7.75. The predicted molar refractivity (Wildman–Crippen MR) is 137 cm³/mol. The van der Waals surface area contributed by atoms with Crippen molar-refractivity contribution in [2.45, 2.75) is 43.9 Å². The molecule has 2 aromatic carbocycles. The van der Waals surface area contributed by atoms with E-state index in [1.54, 1.807) is 6.07 Å². The van der Waals surface area contributed by atoms with E-state index in [2.05, 4.69) is 43.9 Å². The summed E-state index contributed by atoms with van der Waals surface area (Å²) in [7, 11) is -4.07. The van der Waals surface area contributed by atoms with Crippen LogP contribution in [-0.4, -0.2) is 37.4 Å². The van der Waals surface area contributed by atoms with Gasteiger partial charge in [-0.1, -0.05) is 61.3 Å². The van der Waals surface area contributed by atoms with E-state index < -0.39 is 15.9 Å². The SMILES string of the molecule is CCCc1nc(N2CCC(Cc3ccccc3)CC2)ncc1C(=O)NS(=O)(=O)c1cccc(Cl)c1. The molecule has 4 rings (SSSR count). The van der Waals surface area contributed by atoms with Crippen LogP contribution in [0.25, 0.3) is 0 Å². The molecule has 0 bridgehead atoms. The van der Waals surface area contributed by atoms with Crippen molar-refractivity contribution in [1.82, 2.24) is 14.7 Å². The molecule has 9 heteroatoms. The predicted octanol–water partition coefficient (Wildman–Crippen LogP) is 4.66. The Morgan fingerprint density at radius 3 is 2.54 bits per heavy atom. The molecule has 7 nitrogen and oxygen atoms in total. The molecule has 0 unspecified atom stereocenters. The van der Waals surface area contributed by atoms with E-state index in [0.29, 0.717) is 24.0 Å². The maximum absolute atomic E-state index is 12.9. The van der Waals surface area contributed by atoms with E-state index >= 15 is 0 Å². The van der Waals surface area contributed by atoms with E-state index in [1.165, 1.54) is 30.0 Å². The molecule has 35 heavy (non-hydrogen) atoms. The number of aromatic nitrogens is 2. The Bertz CT molecular complexity index is 1280. The molecule has 1 fully saturated rings. The topological polar surface area (TPSA) is 92.3 Å². The highest BCUT2D eigenvalue weighted by atomic mass is 35.5. The smallest absolute Gasteiger partial charge is 0.268 e. The molecule has 1 amide bonds. The van der Waals surface area contributed by atoms with Crippen molar-refractivity contribution in [1.29, 1.82) is 0 Å². The first-order chi connectivity index (χ1) is 16.9. The monoisotopic (exact) mass is 512 g/mol. The third kappa shape index (κ3) is 6.38. The Hall–Kier alpha value is -2.97. The van der Waals surface area contributed by atoms with Gasteiger partial charge < -0.3 is 4.90 Å². The van der Waals surface area contributed by atoms with Gasteiger partial charge >= 0.3 is 0 Å². The first-order valence-corrected chi connectivity index (χ1v) is 13.7. The average Bonchev–Trinajstić information content (AvgIpc) is 2.85. The number of nitrogens with zero attached hydrogens (tertiary/aromatic N) is 3. The van der Waals surface area contributed by atoms with Crippen LogP contribution >= 0.6 is 11.6 Å². The van der Waals surface area contributed by atoms with Crippen LogP contribution in [0.2, 0.25) is 5.02 Å². The highest BCUT2D eigenvalue weighted by Crippen LogP contribution is 2.25. The molecular formula is C26H29ClN4O3S. The van der Waals surface area contributed by atoms with Gasteiger partial charge in [0.1, 0.15) is 0 Å². The maximum atomic E-state index is 12.9. The molecule has 1 aromatic heterocycles. The lowest BCUT2D eigenvalue weighted by molar-refractivity contribution is 0.0979. The minimum Gasteiger partial charge on any atom is -0.341 e. The van der Waals surface area contributed by atoms with Crippen LogP contribution in [0.3, 0.4) is 0 Å². The number of halogens is 1. The summed E-state index contributed by atoms with van der Waals surface area (Å²) < 4.78 is 27.5. The number of sulfonamides is 1. The number of anilines is 1. The van der Waals surface area contributed by atoms with Crippen molar-refractivity contribution < 1.29 is 13.2 Å². The van der Waals surface area contributed by atoms with Crippen LogP contribution < -0.4 is 9.62 Å². The molecule has 1 aliphatic rings. The largest absolute Gasteiger partial charge is 0.341 e. The molecule has 184 valence electrons. The normalized spacial score (nSPS) is 14.6. The molecule has 0 radical (unpaired) electrons. The lowest BCUT2D eigenvalue weighted by Gasteiger charge is -2.32. The van der Waals surface area contributed by atoms with Crippen LogP contribution in [0.4, 0.5) is 5.95 Å². The number of hydrogen-bond donors (Lipinski definition) is 1. The summed E-state index contributed by atoms with van der Waals surface area (Å²) in [6.07, 6.45) is 5.89. The van der Waals surface area contributed by atoms with Crippen molar-refractivity contribution in [2.75, 3.05) is 18.0 Å². The fourth-order valence-corrected chi connectivity index (χ4v) is 5.60. The number of benzene rings is 2. The maximum Gasteiger partial charge on any atom is 0.268 e. The molecule has 1 N–H and O–H groups in total. The number of carbonyl (C=O) groups excluding carboxylic acids is 1. The highest BCUT2D eigenvalue weighted by molar-refractivity contribution is 7.90. The van der Waals surface area contributed by atoms with Gasteiger partial charge in [-0.15, -0.1) is 0 Å². The second-order valence-corrected chi connectivity index (χ2v) is 10.9. The van der Waals surface area contributed by atoms with Gasteiger partial charge in [0.2, 0.25) is 5.95 Å². The molecule has 0 spiro atoms. The van der Waals surface area contributed by atoms with Crippen LogP contribution in [0.1, 0.15) is 47.8 Å². The Kier molecular flexibility index (Phi) is 8.03. The minimum absolute atomic E-state index is 0.0775. The second kappa shape index (κ2) is 11.2. The van der Waals surface area contributed by atoms with E-state index in [0.717, 1.165) is 38.8 Å². The summed E-state index contributed by atoms with van der Waals surface area (Å²) in [6, 6.07) is 16.3. The summed E-state index contributed by atoms with van der Waals surface area (Å²) in [5, 5.41) is 0.271. The summed E-state index contributed by atoms with van der Waals surface area (Å²) >= 11 is 5.91. The van der Waals surface area contributed by atoms with Gasteiger partial charge in [0, 0.05) is 24.3 Å². The second-order valence-electron chi connectivity index (χ2n) is 8.79. The zero-order valence-corrected chi connectivity index (χ0v) is 21.2. The Balaban J connectivity index is 1.45. The highest BCUT2D eigenvalue weighted by Gasteiger charge is 2.25. The molecule has 1 aliphatic heterocycles. The molecule has 0 aliphatic carbocycles. The number of amides is 1. The van der Waals surface area contributed by atoms with Gasteiger partial charge in [-0.25, -0.2) is 23.1 Å². The molecule has 0 saturated carbocycles. The van der Waals surface area contributed by atoms with Crippen molar-refractivity contribution in [3.05, 3.63) is 82.6 Å². The van der Waals surface area contributed by atoms with Crippen molar-refractivity contribution in [3.8, 4) is 0 Å². The van der Waals surface area contributed by atoms with Gasteiger partial charge in [-0.2, -0.15) is 0 Å². The number of hydrogen-bond acceptors (Lipinski definition) is 6. The first kappa shape index (κ1) is 25.1. The van der Waals surface area contributed by atoms with Gasteiger partial charge in [0.15, 0.2) is 0 Å². The van der Waals surface area contributed by atoms with Crippen LogP contribution in [0.5, 0.6) is 0 Å². The molecule has 3 aromatic rings. The average molecular weight is 513 g/mol. The third-order valence-electron chi connectivity index (χ3n) is 6.18. The van der Waals surface area contributed by atoms with E-state index in [1.807, 2.05) is 13.0 Å². The standard InChI is InChI=1S/C26H29ClN4O3S/c1-2-7-24-23(25(32)30-35(33,34)22-11-6-10-21(27)17-22)18-28-26(29-24)31-14-12-20(13-15-31)16-19-8-4-3-5-9-19/h3-6,8-11,17-18,20H,2,7,12-16H2,1H3,(H,30,32). The van der Waals surface area contributed by atoms with Crippen molar-refractivity contribution >= 4 is 33.5 Å². The molecule has 2 heterocycles. The molecule has 0 atom stereocenters.